The van der Waals surface area contributed by atoms with Crippen LogP contribution in [0.2, 0.25) is 0 Å². The Labute approximate surface area is 111 Å². The topological polar surface area (TPSA) is 30.2 Å². The molecule has 0 spiro atoms. The summed E-state index contributed by atoms with van der Waals surface area (Å²) in [6.45, 7) is 4.16. The summed E-state index contributed by atoms with van der Waals surface area (Å²) >= 11 is 0. The zero-order valence-corrected chi connectivity index (χ0v) is 11.0. The SMILES string of the molecule is CCC1=C(CC)c2c(c3oc2c2ccccc32)C1=O. The number of rotatable bonds is 2. The second-order valence-corrected chi connectivity index (χ2v) is 5.05. The Hall–Kier alpha value is -2.09. The minimum atomic E-state index is 0.175. The third-order valence-corrected chi connectivity index (χ3v) is 4.20. The van der Waals surface area contributed by atoms with Gasteiger partial charge in [0.25, 0.3) is 0 Å². The number of benzene rings is 2. The molecule has 2 aromatic heterocycles. The first-order valence-corrected chi connectivity index (χ1v) is 6.81. The van der Waals surface area contributed by atoms with E-state index in [9.17, 15) is 4.79 Å². The summed E-state index contributed by atoms with van der Waals surface area (Å²) in [5, 5.41) is 2.20. The Balaban J connectivity index is 2.18. The number of fused-ring (bicyclic) bond motifs is 8. The number of furan rings is 2. The van der Waals surface area contributed by atoms with Crippen molar-refractivity contribution in [1.82, 2.24) is 0 Å². The van der Waals surface area contributed by atoms with Crippen LogP contribution in [0.1, 0.15) is 42.6 Å². The first-order chi connectivity index (χ1) is 9.27. The molecule has 0 fully saturated rings. The summed E-state index contributed by atoms with van der Waals surface area (Å²) in [7, 11) is 0. The average molecular weight is 250 g/mol. The smallest absolute Gasteiger partial charge is 0.193 e. The molecule has 2 heterocycles. The van der Waals surface area contributed by atoms with E-state index in [1.165, 1.54) is 5.57 Å². The lowest BCUT2D eigenvalue weighted by molar-refractivity contribution is 0.103. The number of hydrogen-bond donors (Lipinski definition) is 0. The average Bonchev–Trinajstić information content (AvgIpc) is 3.07. The molecule has 0 amide bonds. The van der Waals surface area contributed by atoms with Crippen LogP contribution in [0.15, 0.2) is 34.3 Å². The molecule has 0 saturated carbocycles. The molecule has 1 aliphatic rings. The van der Waals surface area contributed by atoms with Gasteiger partial charge in [-0.1, -0.05) is 38.1 Å². The molecule has 19 heavy (non-hydrogen) atoms. The predicted octanol–water partition coefficient (Wildman–Crippen LogP) is 4.79. The van der Waals surface area contributed by atoms with Crippen LogP contribution < -0.4 is 0 Å². The number of allylic oxidation sites excluding steroid dienone is 2. The normalized spacial score (nSPS) is 15.2. The Kier molecular flexibility index (Phi) is 1.97. The number of carbonyl (C=O) groups excluding carboxylic acids is 1. The highest BCUT2D eigenvalue weighted by Crippen LogP contribution is 2.48. The molecule has 0 radical (unpaired) electrons. The van der Waals surface area contributed by atoms with Crippen molar-refractivity contribution in [3.63, 3.8) is 0 Å². The van der Waals surface area contributed by atoms with Crippen LogP contribution in [0.3, 0.4) is 0 Å². The van der Waals surface area contributed by atoms with Crippen molar-refractivity contribution >= 4 is 33.3 Å². The summed E-state index contributed by atoms with van der Waals surface area (Å²) in [6.07, 6.45) is 1.68. The molecule has 2 bridgehead atoms. The van der Waals surface area contributed by atoms with Crippen LogP contribution in [0.25, 0.3) is 27.5 Å². The van der Waals surface area contributed by atoms with Gasteiger partial charge >= 0.3 is 0 Å². The van der Waals surface area contributed by atoms with Crippen LogP contribution in [0.4, 0.5) is 0 Å². The van der Waals surface area contributed by atoms with Crippen LogP contribution in [-0.2, 0) is 0 Å². The molecule has 1 aromatic carbocycles. The number of Topliss-reactive ketones (excluding diaryl/α,β-unsaturated/α-hetero) is 1. The fourth-order valence-electron chi connectivity index (χ4n) is 3.40. The minimum Gasteiger partial charge on any atom is -0.455 e. The number of ketones is 1. The van der Waals surface area contributed by atoms with Gasteiger partial charge in [0.15, 0.2) is 5.78 Å². The lowest BCUT2D eigenvalue weighted by Crippen LogP contribution is -1.97. The van der Waals surface area contributed by atoms with E-state index in [1.54, 1.807) is 0 Å². The van der Waals surface area contributed by atoms with Gasteiger partial charge in [-0.05, 0) is 18.4 Å². The van der Waals surface area contributed by atoms with Crippen LogP contribution in [-0.4, -0.2) is 5.78 Å². The van der Waals surface area contributed by atoms with E-state index < -0.39 is 0 Å². The van der Waals surface area contributed by atoms with E-state index in [0.717, 1.165) is 51.5 Å². The maximum atomic E-state index is 12.6. The Bertz CT molecular complexity index is 849. The van der Waals surface area contributed by atoms with Gasteiger partial charge in [0.05, 0.1) is 5.56 Å². The fourth-order valence-corrected chi connectivity index (χ4v) is 3.40. The molecule has 0 atom stereocenters. The van der Waals surface area contributed by atoms with E-state index in [4.69, 9.17) is 4.42 Å². The maximum absolute atomic E-state index is 12.6. The molecule has 0 N–H and O–H groups in total. The summed E-state index contributed by atoms with van der Waals surface area (Å²) in [4.78, 5) is 12.6. The number of hydrogen-bond acceptors (Lipinski definition) is 2. The van der Waals surface area contributed by atoms with Gasteiger partial charge in [0.2, 0.25) is 0 Å². The van der Waals surface area contributed by atoms with Crippen molar-refractivity contribution in [3.05, 3.63) is 41.0 Å². The predicted molar refractivity (Wildman–Crippen MR) is 76.7 cm³/mol. The van der Waals surface area contributed by atoms with Gasteiger partial charge in [-0.3, -0.25) is 4.79 Å². The highest BCUT2D eigenvalue weighted by atomic mass is 16.3. The van der Waals surface area contributed by atoms with Crippen molar-refractivity contribution in [2.45, 2.75) is 26.7 Å². The van der Waals surface area contributed by atoms with Gasteiger partial charge in [0.1, 0.15) is 11.2 Å². The van der Waals surface area contributed by atoms with E-state index in [0.29, 0.717) is 0 Å². The second kappa shape index (κ2) is 3.47. The third-order valence-electron chi connectivity index (χ3n) is 4.20. The van der Waals surface area contributed by atoms with Gasteiger partial charge < -0.3 is 4.42 Å². The molecule has 3 aromatic rings. The summed E-state index contributed by atoms with van der Waals surface area (Å²) in [6, 6.07) is 8.11. The van der Waals surface area contributed by atoms with Crippen molar-refractivity contribution in [2.75, 3.05) is 0 Å². The third kappa shape index (κ3) is 1.10. The molecule has 94 valence electrons. The highest BCUT2D eigenvalue weighted by molar-refractivity contribution is 6.31. The van der Waals surface area contributed by atoms with Crippen molar-refractivity contribution in [1.29, 1.82) is 0 Å². The van der Waals surface area contributed by atoms with Gasteiger partial charge in [0, 0.05) is 21.9 Å². The minimum absolute atomic E-state index is 0.175. The zero-order valence-electron chi connectivity index (χ0n) is 11.0. The highest BCUT2D eigenvalue weighted by Gasteiger charge is 2.36. The van der Waals surface area contributed by atoms with E-state index >= 15 is 0 Å². The zero-order chi connectivity index (χ0) is 13.1. The van der Waals surface area contributed by atoms with Crippen molar-refractivity contribution < 1.29 is 9.21 Å². The summed E-state index contributed by atoms with van der Waals surface area (Å²) in [5.41, 5.74) is 5.70. The Morgan fingerprint density at radius 3 is 2.05 bits per heavy atom. The second-order valence-electron chi connectivity index (χ2n) is 5.05. The first kappa shape index (κ1) is 10.8. The van der Waals surface area contributed by atoms with Gasteiger partial charge in [-0.15, -0.1) is 0 Å². The lowest BCUT2D eigenvalue weighted by atomic mass is 9.98. The lowest BCUT2D eigenvalue weighted by Gasteiger charge is -2.01. The molecule has 2 nitrogen and oxygen atoms in total. The molecule has 1 aliphatic carbocycles. The Morgan fingerprint density at radius 2 is 1.47 bits per heavy atom. The van der Waals surface area contributed by atoms with Crippen LogP contribution in [0.5, 0.6) is 0 Å². The monoisotopic (exact) mass is 250 g/mol. The molecular formula is C17H14O2. The van der Waals surface area contributed by atoms with E-state index in [2.05, 4.69) is 19.9 Å². The van der Waals surface area contributed by atoms with Crippen LogP contribution >= 0.6 is 0 Å². The van der Waals surface area contributed by atoms with E-state index in [-0.39, 0.29) is 5.78 Å². The quantitative estimate of drug-likeness (QED) is 0.654. The van der Waals surface area contributed by atoms with Gasteiger partial charge in [-0.25, -0.2) is 0 Å². The van der Waals surface area contributed by atoms with Gasteiger partial charge in [-0.2, -0.15) is 0 Å². The molecule has 2 heteroatoms. The van der Waals surface area contributed by atoms with Crippen LogP contribution in [0, 0.1) is 0 Å². The fraction of sp³-hybridized carbons (Fsp3) is 0.235. The molecule has 0 saturated heterocycles. The molecule has 4 rings (SSSR count). The maximum Gasteiger partial charge on any atom is 0.193 e. The molecule has 0 aliphatic heterocycles. The van der Waals surface area contributed by atoms with Crippen molar-refractivity contribution in [3.8, 4) is 0 Å². The standard InChI is InChI=1S/C17H14O2/c1-3-9-10(4-2)15(18)14-13(9)16-11-7-5-6-8-12(11)17(14)19-16/h5-8H,3-4H2,1-2H3. The number of carbonyl (C=O) groups is 1. The summed E-state index contributed by atoms with van der Waals surface area (Å²) < 4.78 is 5.91. The Morgan fingerprint density at radius 1 is 0.895 bits per heavy atom. The van der Waals surface area contributed by atoms with E-state index in [1.807, 2.05) is 18.2 Å². The molecular weight excluding hydrogens is 236 g/mol. The summed E-state index contributed by atoms with van der Waals surface area (Å²) in [5.74, 6) is 0.175. The largest absolute Gasteiger partial charge is 0.455 e. The first-order valence-electron chi connectivity index (χ1n) is 6.81. The van der Waals surface area contributed by atoms with Crippen molar-refractivity contribution in [2.24, 2.45) is 0 Å². The molecule has 0 unspecified atom stereocenters.